The van der Waals surface area contributed by atoms with Gasteiger partial charge in [0.2, 0.25) is 0 Å². The lowest BCUT2D eigenvalue weighted by atomic mass is 10.2. The number of nitrogens with zero attached hydrogens (tertiary/aromatic N) is 1. The van der Waals surface area contributed by atoms with Crippen LogP contribution in [0.5, 0.6) is 0 Å². The zero-order valence-electron chi connectivity index (χ0n) is 11.3. The lowest BCUT2D eigenvalue weighted by Crippen LogP contribution is -2.43. The van der Waals surface area contributed by atoms with E-state index in [1.54, 1.807) is 20.9 Å². The number of aromatic nitrogens is 1. The Balaban J connectivity index is 2.79. The van der Waals surface area contributed by atoms with Gasteiger partial charge in [0.1, 0.15) is 10.7 Å². The van der Waals surface area contributed by atoms with Crippen molar-refractivity contribution in [2.75, 3.05) is 30.9 Å². The molecule has 0 aliphatic carbocycles. The van der Waals surface area contributed by atoms with Gasteiger partial charge in [-0.1, -0.05) is 11.3 Å². The largest absolute Gasteiger partial charge is 0.382 e. The number of sulfone groups is 1. The van der Waals surface area contributed by atoms with Crippen LogP contribution in [-0.2, 0) is 9.84 Å². The number of nitrogens with two attached hydrogens (primary N) is 1. The minimum atomic E-state index is -3.26. The number of amides is 1. The Hall–Kier alpha value is -1.35. The Morgan fingerprint density at radius 3 is 2.47 bits per heavy atom. The van der Waals surface area contributed by atoms with Crippen molar-refractivity contribution in [1.82, 2.24) is 10.3 Å². The summed E-state index contributed by atoms with van der Waals surface area (Å²) in [7, 11) is -1.59. The van der Waals surface area contributed by atoms with E-state index in [0.717, 1.165) is 17.6 Å². The van der Waals surface area contributed by atoms with Gasteiger partial charge in [-0.3, -0.25) is 4.79 Å². The fourth-order valence-corrected chi connectivity index (χ4v) is 2.19. The molecule has 1 aromatic rings. The molecule has 0 unspecified atom stereocenters. The molecule has 0 aromatic carbocycles. The van der Waals surface area contributed by atoms with Crippen molar-refractivity contribution in [3.05, 3.63) is 4.88 Å². The number of thiazole rings is 1. The molecule has 0 atom stereocenters. The van der Waals surface area contributed by atoms with Crippen molar-refractivity contribution in [2.45, 2.75) is 18.6 Å². The van der Waals surface area contributed by atoms with Gasteiger partial charge >= 0.3 is 0 Å². The molecule has 0 aliphatic rings. The number of hydrogen-bond acceptors (Lipinski definition) is 7. The summed E-state index contributed by atoms with van der Waals surface area (Å²) in [5.74, 6) is -0.294. The van der Waals surface area contributed by atoms with Gasteiger partial charge in [0.05, 0.1) is 4.75 Å². The summed E-state index contributed by atoms with van der Waals surface area (Å²) in [6, 6.07) is 0. The van der Waals surface area contributed by atoms with E-state index in [2.05, 4.69) is 15.6 Å². The number of anilines is 2. The second kappa shape index (κ2) is 5.33. The highest BCUT2D eigenvalue weighted by molar-refractivity contribution is 7.92. The maximum atomic E-state index is 11.9. The number of carbonyl (C=O) groups is 1. The number of nitrogen functional groups attached to an aromatic ring is 1. The highest BCUT2D eigenvalue weighted by Crippen LogP contribution is 2.24. The summed E-state index contributed by atoms with van der Waals surface area (Å²) < 4.78 is 22.0. The average Bonchev–Trinajstić information content (AvgIpc) is 2.66. The molecule has 1 aromatic heterocycles. The third-order valence-corrected chi connectivity index (χ3v) is 5.99. The molecule has 4 N–H and O–H groups in total. The molecule has 0 radical (unpaired) electrons. The fraction of sp³-hybridized carbons (Fsp3) is 0.600. The third-order valence-electron chi connectivity index (χ3n) is 2.75. The molecule has 19 heavy (non-hydrogen) atoms. The van der Waals surface area contributed by atoms with E-state index in [-0.39, 0.29) is 17.2 Å². The van der Waals surface area contributed by atoms with E-state index < -0.39 is 20.5 Å². The first-order chi connectivity index (χ1) is 8.58. The highest BCUT2D eigenvalue weighted by Gasteiger charge is 2.31. The zero-order valence-corrected chi connectivity index (χ0v) is 12.9. The van der Waals surface area contributed by atoms with Crippen LogP contribution in [0.4, 0.5) is 10.9 Å². The normalized spacial score (nSPS) is 12.2. The maximum absolute atomic E-state index is 11.9. The lowest BCUT2D eigenvalue weighted by Gasteiger charge is -2.22. The van der Waals surface area contributed by atoms with Crippen molar-refractivity contribution in [3.63, 3.8) is 0 Å². The summed E-state index contributed by atoms with van der Waals surface area (Å²) in [4.78, 5) is 16.1. The molecule has 1 rings (SSSR count). The molecule has 0 spiro atoms. The van der Waals surface area contributed by atoms with Crippen molar-refractivity contribution < 1.29 is 13.2 Å². The predicted molar refractivity (Wildman–Crippen MR) is 77.3 cm³/mol. The SMILES string of the molecule is CNc1nc(N)c(C(=O)NCC(C)(C)S(C)(=O)=O)s1. The second-order valence-electron chi connectivity index (χ2n) is 4.70. The van der Waals surface area contributed by atoms with E-state index in [1.165, 1.54) is 0 Å². The Morgan fingerprint density at radius 1 is 1.47 bits per heavy atom. The third kappa shape index (κ3) is 3.57. The van der Waals surface area contributed by atoms with E-state index >= 15 is 0 Å². The molecular formula is C10H18N4O3S2. The van der Waals surface area contributed by atoms with Gasteiger partial charge in [-0.15, -0.1) is 0 Å². The Kier molecular flexibility index (Phi) is 4.41. The molecule has 0 saturated heterocycles. The molecular weight excluding hydrogens is 288 g/mol. The van der Waals surface area contributed by atoms with Gasteiger partial charge in [0, 0.05) is 19.8 Å². The lowest BCUT2D eigenvalue weighted by molar-refractivity contribution is 0.0955. The van der Waals surface area contributed by atoms with Gasteiger partial charge in [-0.05, 0) is 13.8 Å². The van der Waals surface area contributed by atoms with Crippen molar-refractivity contribution in [1.29, 1.82) is 0 Å². The molecule has 108 valence electrons. The molecule has 0 bridgehead atoms. The molecule has 0 aliphatic heterocycles. The molecule has 1 amide bonds. The van der Waals surface area contributed by atoms with Crippen LogP contribution in [0.2, 0.25) is 0 Å². The van der Waals surface area contributed by atoms with Crippen molar-refractivity contribution >= 4 is 38.0 Å². The standard InChI is InChI=1S/C10H18N4O3S2/c1-10(2,19(4,16)17)5-13-8(15)6-7(11)14-9(12-3)18-6/h5,11H2,1-4H3,(H,12,14)(H,13,15). The van der Waals surface area contributed by atoms with Gasteiger partial charge in [0.25, 0.3) is 5.91 Å². The Bertz CT molecular complexity index is 578. The first-order valence-corrected chi connectivity index (χ1v) is 8.21. The van der Waals surface area contributed by atoms with Crippen LogP contribution in [0.25, 0.3) is 0 Å². The Labute approximate surface area is 116 Å². The van der Waals surface area contributed by atoms with E-state index in [9.17, 15) is 13.2 Å². The first-order valence-electron chi connectivity index (χ1n) is 5.50. The molecule has 7 nitrogen and oxygen atoms in total. The van der Waals surface area contributed by atoms with Crippen LogP contribution >= 0.6 is 11.3 Å². The van der Waals surface area contributed by atoms with Crippen LogP contribution in [0.15, 0.2) is 0 Å². The van der Waals surface area contributed by atoms with Crippen LogP contribution in [0.3, 0.4) is 0 Å². The topological polar surface area (TPSA) is 114 Å². The minimum Gasteiger partial charge on any atom is -0.382 e. The van der Waals surface area contributed by atoms with Gasteiger partial charge < -0.3 is 16.4 Å². The van der Waals surface area contributed by atoms with Crippen molar-refractivity contribution in [3.8, 4) is 0 Å². The number of rotatable bonds is 5. The summed E-state index contributed by atoms with van der Waals surface area (Å²) in [5, 5.41) is 5.89. The summed E-state index contributed by atoms with van der Waals surface area (Å²) in [5.41, 5.74) is 5.62. The second-order valence-corrected chi connectivity index (χ2v) is 8.35. The van der Waals surface area contributed by atoms with E-state index in [1.807, 2.05) is 0 Å². The monoisotopic (exact) mass is 306 g/mol. The van der Waals surface area contributed by atoms with Crippen LogP contribution in [0.1, 0.15) is 23.5 Å². The van der Waals surface area contributed by atoms with Gasteiger partial charge in [-0.25, -0.2) is 13.4 Å². The van der Waals surface area contributed by atoms with E-state index in [4.69, 9.17) is 5.73 Å². The van der Waals surface area contributed by atoms with E-state index in [0.29, 0.717) is 5.13 Å². The summed E-state index contributed by atoms with van der Waals surface area (Å²) in [6.07, 6.45) is 1.14. The number of carbonyl (C=O) groups excluding carboxylic acids is 1. The quantitative estimate of drug-likeness (QED) is 0.722. The summed E-state index contributed by atoms with van der Waals surface area (Å²) >= 11 is 1.12. The number of nitrogens with one attached hydrogen (secondary N) is 2. The molecule has 1 heterocycles. The molecule has 0 saturated carbocycles. The van der Waals surface area contributed by atoms with Crippen LogP contribution < -0.4 is 16.4 Å². The smallest absolute Gasteiger partial charge is 0.265 e. The highest BCUT2D eigenvalue weighted by atomic mass is 32.2. The van der Waals surface area contributed by atoms with Gasteiger partial charge in [0.15, 0.2) is 15.0 Å². The molecule has 9 heteroatoms. The predicted octanol–water partition coefficient (Wildman–Crippen LogP) is 0.320. The number of hydrogen-bond donors (Lipinski definition) is 3. The minimum absolute atomic E-state index is 0.0108. The van der Waals surface area contributed by atoms with Gasteiger partial charge in [-0.2, -0.15) is 0 Å². The fourth-order valence-electron chi connectivity index (χ4n) is 1.11. The van der Waals surface area contributed by atoms with Crippen LogP contribution in [0, 0.1) is 0 Å². The van der Waals surface area contributed by atoms with Crippen molar-refractivity contribution in [2.24, 2.45) is 0 Å². The summed E-state index contributed by atoms with van der Waals surface area (Å²) in [6.45, 7) is 3.12. The first kappa shape index (κ1) is 15.7. The average molecular weight is 306 g/mol. The zero-order chi connectivity index (χ0) is 14.8. The maximum Gasteiger partial charge on any atom is 0.265 e. The van der Waals surface area contributed by atoms with Crippen LogP contribution in [-0.4, -0.2) is 43.9 Å². The Morgan fingerprint density at radius 2 is 2.05 bits per heavy atom. The molecule has 0 fully saturated rings.